The van der Waals surface area contributed by atoms with E-state index >= 15 is 0 Å². The Hall–Kier alpha value is -2.81. The lowest BCUT2D eigenvalue weighted by Gasteiger charge is -2.21. The molecule has 0 aliphatic heterocycles. The Balaban J connectivity index is 1.55. The van der Waals surface area contributed by atoms with Crippen LogP contribution < -0.4 is 10.3 Å². The maximum atomic E-state index is 13.2. The molecule has 0 radical (unpaired) electrons. The number of aryl methyl sites for hydroxylation is 1. The van der Waals surface area contributed by atoms with Gasteiger partial charge in [0.2, 0.25) is 0 Å². The molecule has 0 spiro atoms. The highest BCUT2D eigenvalue weighted by Gasteiger charge is 2.39. The van der Waals surface area contributed by atoms with E-state index in [1.807, 2.05) is 0 Å². The fraction of sp³-hybridized carbons (Fsp3) is 0.333. The van der Waals surface area contributed by atoms with Gasteiger partial charge < -0.3 is 9.52 Å². The van der Waals surface area contributed by atoms with Gasteiger partial charge in [-0.25, -0.2) is 13.2 Å². The van der Waals surface area contributed by atoms with E-state index in [2.05, 4.69) is 4.72 Å². The molecule has 10 heteroatoms. The summed E-state index contributed by atoms with van der Waals surface area (Å²) in [5.41, 5.74) is 0.386. The van der Waals surface area contributed by atoms with Crippen molar-refractivity contribution in [1.29, 1.82) is 0 Å². The fourth-order valence-corrected chi connectivity index (χ4v) is 6.82. The van der Waals surface area contributed by atoms with Gasteiger partial charge in [0.1, 0.15) is 16.4 Å². The van der Waals surface area contributed by atoms with Crippen molar-refractivity contribution >= 4 is 44.7 Å². The van der Waals surface area contributed by atoms with Gasteiger partial charge >= 0.3 is 5.63 Å². The predicted molar refractivity (Wildman–Crippen MR) is 141 cm³/mol. The molecule has 5 rings (SSSR count). The van der Waals surface area contributed by atoms with Crippen molar-refractivity contribution in [1.82, 2.24) is 0 Å². The number of Topliss-reactive ketones (excluding diaryl/α,β-unsaturated/α-hetero) is 1. The molecule has 0 amide bonds. The van der Waals surface area contributed by atoms with Crippen molar-refractivity contribution in [3.63, 3.8) is 0 Å². The molecule has 1 atom stereocenters. The number of aromatic hydroxyl groups is 1. The van der Waals surface area contributed by atoms with Crippen LogP contribution in [-0.4, -0.2) is 19.3 Å². The van der Waals surface area contributed by atoms with E-state index in [1.165, 1.54) is 18.2 Å². The first-order valence-electron chi connectivity index (χ1n) is 12.2. The first-order valence-corrected chi connectivity index (χ1v) is 14.4. The number of fused-ring (bicyclic) bond motifs is 1. The standard InChI is InChI=1S/C27H25Cl2NO6S/c28-17-11-12-22(19(29)14-17)37(34,35)30-18-6-4-5-16(13-18)23(15-9-10-15)25-26(32)24-20(31)7-2-1-3-8-21(24)36-27(25)33/h4-6,11-15,23,30,32H,1-3,7-10H2. The highest BCUT2D eigenvalue weighted by Crippen LogP contribution is 2.49. The minimum Gasteiger partial charge on any atom is -0.506 e. The molecular weight excluding hydrogens is 537 g/mol. The monoisotopic (exact) mass is 561 g/mol. The second kappa shape index (κ2) is 10.2. The molecule has 1 aromatic heterocycles. The summed E-state index contributed by atoms with van der Waals surface area (Å²) >= 11 is 12.0. The normalized spacial score (nSPS) is 17.0. The SMILES string of the molecule is O=C1CCCCCc2oc(=O)c(C(c3cccc(NS(=O)(=O)c4ccc(Cl)cc4Cl)c3)C3CC3)c(O)c21. The number of hydrogen-bond acceptors (Lipinski definition) is 6. The number of halogens is 2. The second-order valence-electron chi connectivity index (χ2n) is 9.55. The highest BCUT2D eigenvalue weighted by molar-refractivity contribution is 7.92. The fourth-order valence-electron chi connectivity index (χ4n) is 5.00. The summed E-state index contributed by atoms with van der Waals surface area (Å²) < 4.78 is 34.2. The van der Waals surface area contributed by atoms with E-state index in [0.717, 1.165) is 32.1 Å². The number of rotatable bonds is 6. The van der Waals surface area contributed by atoms with Gasteiger partial charge in [-0.3, -0.25) is 9.52 Å². The van der Waals surface area contributed by atoms with Gasteiger partial charge in [-0.1, -0.05) is 41.8 Å². The molecule has 3 aromatic rings. The third-order valence-corrected chi connectivity index (χ3v) is 8.98. The molecule has 1 unspecified atom stereocenters. The molecule has 1 saturated carbocycles. The molecule has 1 heterocycles. The topological polar surface area (TPSA) is 114 Å². The third kappa shape index (κ3) is 5.28. The third-order valence-electron chi connectivity index (χ3n) is 6.88. The van der Waals surface area contributed by atoms with Crippen LogP contribution in [0.5, 0.6) is 5.75 Å². The van der Waals surface area contributed by atoms with Crippen molar-refractivity contribution in [2.75, 3.05) is 4.72 Å². The zero-order valence-electron chi connectivity index (χ0n) is 19.8. The minimum atomic E-state index is -4.03. The Morgan fingerprint density at radius 1 is 1.00 bits per heavy atom. The Bertz CT molecular complexity index is 1540. The summed E-state index contributed by atoms with van der Waals surface area (Å²) in [7, 11) is -4.03. The molecule has 194 valence electrons. The van der Waals surface area contributed by atoms with Gasteiger partial charge in [0, 0.05) is 29.5 Å². The number of carbonyl (C=O) groups is 1. The van der Waals surface area contributed by atoms with Crippen molar-refractivity contribution in [3.05, 3.63) is 85.4 Å². The van der Waals surface area contributed by atoms with Crippen LogP contribution >= 0.6 is 23.2 Å². The lowest BCUT2D eigenvalue weighted by atomic mass is 9.85. The molecule has 2 aromatic carbocycles. The molecule has 2 aliphatic rings. The molecule has 1 fully saturated rings. The number of nitrogens with one attached hydrogen (secondary N) is 1. The summed E-state index contributed by atoms with van der Waals surface area (Å²) in [5, 5.41) is 11.5. The van der Waals surface area contributed by atoms with Crippen molar-refractivity contribution in [2.24, 2.45) is 5.92 Å². The smallest absolute Gasteiger partial charge is 0.343 e. The average Bonchev–Trinajstić information content (AvgIpc) is 3.64. The predicted octanol–water partition coefficient (Wildman–Crippen LogP) is 6.29. The number of sulfonamides is 1. The van der Waals surface area contributed by atoms with Crippen molar-refractivity contribution < 1.29 is 22.7 Å². The summed E-state index contributed by atoms with van der Waals surface area (Å²) in [5.74, 6) is -0.801. The van der Waals surface area contributed by atoms with Crippen LogP contribution in [0, 0.1) is 5.92 Å². The molecule has 0 bridgehead atoms. The van der Waals surface area contributed by atoms with Crippen LogP contribution in [0.3, 0.4) is 0 Å². The van der Waals surface area contributed by atoms with E-state index < -0.39 is 21.6 Å². The Kier molecular flexibility index (Phi) is 7.09. The minimum absolute atomic E-state index is 0.0139. The lowest BCUT2D eigenvalue weighted by molar-refractivity contribution is 0.0968. The van der Waals surface area contributed by atoms with Gasteiger partial charge in [0.05, 0.1) is 16.1 Å². The highest BCUT2D eigenvalue weighted by atomic mass is 35.5. The van der Waals surface area contributed by atoms with Crippen LogP contribution in [0.25, 0.3) is 0 Å². The summed E-state index contributed by atoms with van der Waals surface area (Å²) in [6.45, 7) is 0. The van der Waals surface area contributed by atoms with E-state index in [0.29, 0.717) is 17.0 Å². The summed E-state index contributed by atoms with van der Waals surface area (Å²) in [6.07, 6.45) is 4.70. The van der Waals surface area contributed by atoms with Gasteiger partial charge in [0.25, 0.3) is 10.0 Å². The van der Waals surface area contributed by atoms with Gasteiger partial charge in [-0.2, -0.15) is 0 Å². The van der Waals surface area contributed by atoms with Crippen molar-refractivity contribution in [2.45, 2.75) is 55.8 Å². The lowest BCUT2D eigenvalue weighted by Crippen LogP contribution is -2.21. The van der Waals surface area contributed by atoms with E-state index in [4.69, 9.17) is 27.6 Å². The van der Waals surface area contributed by atoms with E-state index in [-0.39, 0.29) is 56.4 Å². The van der Waals surface area contributed by atoms with Crippen molar-refractivity contribution in [3.8, 4) is 5.75 Å². The van der Waals surface area contributed by atoms with E-state index in [9.17, 15) is 23.1 Å². The Morgan fingerprint density at radius 3 is 2.49 bits per heavy atom. The van der Waals surface area contributed by atoms with Gasteiger partial charge in [0.15, 0.2) is 5.78 Å². The zero-order chi connectivity index (χ0) is 26.3. The second-order valence-corrected chi connectivity index (χ2v) is 12.0. The molecule has 2 aliphatic carbocycles. The van der Waals surface area contributed by atoms with Crippen LogP contribution in [0.1, 0.15) is 71.7 Å². The van der Waals surface area contributed by atoms with E-state index in [1.54, 1.807) is 24.3 Å². The van der Waals surface area contributed by atoms with Gasteiger partial charge in [-0.15, -0.1) is 0 Å². The molecule has 7 nitrogen and oxygen atoms in total. The summed E-state index contributed by atoms with van der Waals surface area (Å²) in [4.78, 5) is 25.9. The summed E-state index contributed by atoms with van der Waals surface area (Å²) in [6, 6.07) is 10.8. The van der Waals surface area contributed by atoms with Crippen LogP contribution in [0.15, 0.2) is 56.6 Å². The van der Waals surface area contributed by atoms with Crippen LogP contribution in [0.4, 0.5) is 5.69 Å². The zero-order valence-corrected chi connectivity index (χ0v) is 22.1. The number of hydrogen-bond donors (Lipinski definition) is 2. The number of carbonyl (C=O) groups excluding carboxylic acids is 1. The average molecular weight is 562 g/mol. The Morgan fingerprint density at radius 2 is 1.76 bits per heavy atom. The van der Waals surface area contributed by atoms with Crippen LogP contribution in [0.2, 0.25) is 10.0 Å². The van der Waals surface area contributed by atoms with Gasteiger partial charge in [-0.05, 0) is 67.5 Å². The maximum absolute atomic E-state index is 13.2. The first-order chi connectivity index (χ1) is 17.7. The molecule has 0 saturated heterocycles. The largest absolute Gasteiger partial charge is 0.506 e. The van der Waals surface area contributed by atoms with Crippen LogP contribution in [-0.2, 0) is 16.4 Å². The maximum Gasteiger partial charge on any atom is 0.343 e. The molecular formula is C27H25Cl2NO6S. The number of benzene rings is 2. The number of anilines is 1. The number of ketones is 1. The Labute approximate surface area is 224 Å². The molecule has 37 heavy (non-hydrogen) atoms. The molecule has 2 N–H and O–H groups in total. The first kappa shape index (κ1) is 25.8. The quantitative estimate of drug-likeness (QED) is 0.365.